The fraction of sp³-hybridized carbons (Fsp3) is 0.183. The van der Waals surface area contributed by atoms with Crippen LogP contribution in [0.1, 0.15) is 104 Å². The highest BCUT2D eigenvalue weighted by molar-refractivity contribution is 6.25. The number of benzene rings is 13. The molecule has 0 spiro atoms. The molecule has 0 aromatic heterocycles. The smallest absolute Gasteiger partial charge is 0.0546 e. The van der Waals surface area contributed by atoms with E-state index >= 15 is 0 Å². The molecule has 0 heterocycles. The lowest BCUT2D eigenvalue weighted by Crippen LogP contribution is -2.14. The number of rotatable bonds is 16. The van der Waals surface area contributed by atoms with E-state index < -0.39 is 0 Å². The molecule has 0 N–H and O–H groups in total. The van der Waals surface area contributed by atoms with Crippen molar-refractivity contribution in [3.8, 4) is 55.6 Å². The monoisotopic (exact) mass is 1230 g/mol. The van der Waals surface area contributed by atoms with Gasteiger partial charge in [-0.2, -0.15) is 0 Å². The third-order valence-corrected chi connectivity index (χ3v) is 20.8. The first kappa shape index (κ1) is 62.2. The van der Waals surface area contributed by atoms with Gasteiger partial charge < -0.3 is 9.80 Å². The highest BCUT2D eigenvalue weighted by Crippen LogP contribution is 2.50. The Morgan fingerprint density at radius 2 is 0.642 bits per heavy atom. The molecule has 14 rings (SSSR count). The quantitative estimate of drug-likeness (QED) is 0.0890. The van der Waals surface area contributed by atoms with Gasteiger partial charge in [0.25, 0.3) is 0 Å². The minimum Gasteiger partial charge on any atom is -0.309 e. The largest absolute Gasteiger partial charge is 0.309 e. The molecule has 0 amide bonds. The van der Waals surface area contributed by atoms with Gasteiger partial charge in [0.05, 0.1) is 11.4 Å². The van der Waals surface area contributed by atoms with Crippen LogP contribution in [0.5, 0.6) is 0 Å². The Balaban J connectivity index is 0.812. The second-order valence-electron chi connectivity index (χ2n) is 27.2. The number of fused-ring (bicyclic) bond motifs is 5. The van der Waals surface area contributed by atoms with E-state index in [9.17, 15) is 0 Å². The van der Waals surface area contributed by atoms with Gasteiger partial charge >= 0.3 is 0 Å². The van der Waals surface area contributed by atoms with Crippen LogP contribution in [0.25, 0.3) is 88.0 Å². The normalized spacial score (nSPS) is 14.5. The second-order valence-corrected chi connectivity index (χ2v) is 27.2. The zero-order valence-corrected chi connectivity index (χ0v) is 57.1. The zero-order chi connectivity index (χ0) is 65.6. The summed E-state index contributed by atoms with van der Waals surface area (Å²) in [5, 5.41) is 7.21. The second kappa shape index (κ2) is 26.3. The molecule has 2 heteroatoms. The summed E-state index contributed by atoms with van der Waals surface area (Å²) in [6.07, 6.45) is 9.58. The van der Waals surface area contributed by atoms with Crippen LogP contribution in [0.15, 0.2) is 279 Å². The molecule has 4 atom stereocenters. The lowest BCUT2D eigenvalue weighted by Gasteiger charge is -2.32. The predicted octanol–water partition coefficient (Wildman–Crippen LogP) is 27.0. The van der Waals surface area contributed by atoms with E-state index in [0.29, 0.717) is 23.7 Å². The third kappa shape index (κ3) is 12.1. The summed E-state index contributed by atoms with van der Waals surface area (Å²) in [5.74, 6) is 2.04. The van der Waals surface area contributed by atoms with Gasteiger partial charge in [0.15, 0.2) is 0 Å². The van der Waals surface area contributed by atoms with Gasteiger partial charge in [-0.05, 0) is 237 Å². The summed E-state index contributed by atoms with van der Waals surface area (Å²) >= 11 is 0. The van der Waals surface area contributed by atoms with Gasteiger partial charge in [-0.3, -0.25) is 0 Å². The van der Waals surface area contributed by atoms with E-state index in [2.05, 4.69) is 359 Å². The maximum atomic E-state index is 2.53. The van der Waals surface area contributed by atoms with E-state index in [-0.39, 0.29) is 0 Å². The predicted molar refractivity (Wildman–Crippen MR) is 411 cm³/mol. The van der Waals surface area contributed by atoms with Gasteiger partial charge in [0, 0.05) is 39.4 Å². The van der Waals surface area contributed by atoms with Crippen LogP contribution in [-0.4, -0.2) is 0 Å². The van der Waals surface area contributed by atoms with E-state index in [1.54, 1.807) is 0 Å². The fourth-order valence-electron chi connectivity index (χ4n) is 14.9. The number of anilines is 6. The van der Waals surface area contributed by atoms with E-state index in [1.807, 2.05) is 0 Å². The van der Waals surface area contributed by atoms with Crippen LogP contribution < -0.4 is 9.80 Å². The van der Waals surface area contributed by atoms with E-state index in [4.69, 9.17) is 0 Å². The van der Waals surface area contributed by atoms with Crippen molar-refractivity contribution in [3.63, 3.8) is 0 Å². The molecule has 0 saturated carbocycles. The van der Waals surface area contributed by atoms with Crippen molar-refractivity contribution in [1.29, 1.82) is 0 Å². The van der Waals surface area contributed by atoms with Crippen molar-refractivity contribution in [2.45, 2.75) is 101 Å². The molecular weight excluding hydrogens is 1150 g/mol. The summed E-state index contributed by atoms with van der Waals surface area (Å²) in [5.41, 5.74) is 30.6. The third-order valence-electron chi connectivity index (χ3n) is 20.8. The summed E-state index contributed by atoms with van der Waals surface area (Å²) in [6, 6.07) is 96.5. The molecule has 0 bridgehead atoms. The minimum atomic E-state index is 0.396. The average Bonchev–Trinajstić information content (AvgIpc) is 0.726. The molecule has 13 aromatic rings. The van der Waals surface area contributed by atoms with Gasteiger partial charge in [0.2, 0.25) is 0 Å². The average molecular weight is 1230 g/mol. The van der Waals surface area contributed by atoms with Crippen molar-refractivity contribution in [2.24, 2.45) is 11.8 Å². The van der Waals surface area contributed by atoms with E-state index in [1.165, 1.54) is 144 Å². The first-order chi connectivity index (χ1) is 46.2. The molecule has 1 aliphatic rings. The van der Waals surface area contributed by atoms with Crippen LogP contribution in [0, 0.1) is 53.4 Å². The molecule has 0 radical (unpaired) electrons. The lowest BCUT2D eigenvalue weighted by atomic mass is 9.79. The van der Waals surface area contributed by atoms with Crippen LogP contribution in [-0.2, 0) is 0 Å². The van der Waals surface area contributed by atoms with Crippen LogP contribution in [0.4, 0.5) is 34.1 Å². The fourth-order valence-corrected chi connectivity index (χ4v) is 14.9. The molecule has 95 heavy (non-hydrogen) atoms. The molecule has 2 nitrogen and oxygen atoms in total. The van der Waals surface area contributed by atoms with Crippen molar-refractivity contribution >= 4 is 66.4 Å². The molecule has 0 saturated heterocycles. The highest BCUT2D eigenvalue weighted by atomic mass is 15.2. The number of hydrogen-bond acceptors (Lipinski definition) is 2. The summed E-state index contributed by atoms with van der Waals surface area (Å²) < 4.78 is 0. The maximum Gasteiger partial charge on any atom is 0.0546 e. The van der Waals surface area contributed by atoms with Crippen molar-refractivity contribution < 1.29 is 0 Å². The Kier molecular flexibility index (Phi) is 17.2. The minimum absolute atomic E-state index is 0.396. The van der Waals surface area contributed by atoms with E-state index in [0.717, 1.165) is 40.5 Å². The Hall–Kier alpha value is -10.3. The van der Waals surface area contributed by atoms with Crippen molar-refractivity contribution in [2.75, 3.05) is 9.80 Å². The van der Waals surface area contributed by atoms with Gasteiger partial charge in [-0.25, -0.2) is 0 Å². The molecule has 13 aromatic carbocycles. The standard InChI is InChI=1S/C93H86N2/c1-12-61(5)68-24-26-69(27-25-68)70-28-30-71(31-29-70)72-32-36-75(37-33-72)79-45-50-90(66(10)55-79)94(88-48-22-59(3)52-64(88)8)92-57-86-83-19-15-17-21-85(83)93(58-87(86)82-18-14-16-20-84(82)92)95(89-49-23-60(4)53-65(89)9)91-51-46-80(56-67(91)11)76-38-34-73(35-39-76)74-40-42-77(43-41-74)81-47-44-78(54-63(81)7)62(6)13-2/h14-58,61-63,81H,12-13H2,1-11H3. The Morgan fingerprint density at radius 3 is 1.00 bits per heavy atom. The summed E-state index contributed by atoms with van der Waals surface area (Å²) in [4.78, 5) is 5.06. The number of nitrogens with zero attached hydrogens (tertiary/aromatic N) is 2. The summed E-state index contributed by atoms with van der Waals surface area (Å²) in [7, 11) is 0. The molecule has 4 unspecified atom stereocenters. The first-order valence-corrected chi connectivity index (χ1v) is 34.4. The van der Waals surface area contributed by atoms with Gasteiger partial charge in [0.1, 0.15) is 0 Å². The Morgan fingerprint density at radius 1 is 0.316 bits per heavy atom. The number of aryl methyl sites for hydroxylation is 6. The number of hydrogen-bond donors (Lipinski definition) is 0. The number of allylic oxidation sites excluding steroid dienone is 4. The van der Waals surface area contributed by atoms with Crippen LogP contribution in [0.3, 0.4) is 0 Å². The van der Waals surface area contributed by atoms with Crippen LogP contribution in [0.2, 0.25) is 0 Å². The maximum absolute atomic E-state index is 2.53. The zero-order valence-electron chi connectivity index (χ0n) is 57.1. The van der Waals surface area contributed by atoms with Crippen LogP contribution >= 0.6 is 0 Å². The van der Waals surface area contributed by atoms with Crippen molar-refractivity contribution in [3.05, 3.63) is 323 Å². The van der Waals surface area contributed by atoms with Gasteiger partial charge in [-0.15, -0.1) is 0 Å². The molecule has 1 aliphatic carbocycles. The highest BCUT2D eigenvalue weighted by Gasteiger charge is 2.26. The molecule has 0 fully saturated rings. The lowest BCUT2D eigenvalue weighted by molar-refractivity contribution is 0.594. The first-order valence-electron chi connectivity index (χ1n) is 34.4. The Labute approximate surface area is 564 Å². The molecule has 0 aliphatic heterocycles. The SMILES string of the molecule is CCC(C)C1=CC(C)C(c2ccc(-c3ccc(-c4ccc(N(c5ccc(C)cc5C)c5cc6c7ccccc7c(N(c7ccc(C)cc7C)c7ccc(-c8ccc(-c9ccc(-c%10ccc(C(C)CC)cc%10)cc9)cc8)cc7C)cc6c6ccccc56)c(C)c4)cc3)cc2)C=C1. The molecule has 468 valence electrons. The van der Waals surface area contributed by atoms with Gasteiger partial charge in [-0.1, -0.05) is 270 Å². The Bertz CT molecular complexity index is 5060. The topological polar surface area (TPSA) is 6.48 Å². The van der Waals surface area contributed by atoms with Crippen molar-refractivity contribution in [1.82, 2.24) is 0 Å². The summed E-state index contributed by atoms with van der Waals surface area (Å²) in [6.45, 7) is 25.0. The molecular formula is C93H86N2.